The van der Waals surface area contributed by atoms with Crippen LogP contribution < -0.4 is 10.6 Å². The fraction of sp³-hybridized carbons (Fsp3) is 0.778. The standard InChI is InChI=1S/C9H15F3N2O3S/c1-2-6(7(15)16)5-14-8(17)13-3-4-18-9(10,11)12/h6H,2-5H2,1H3,(H,15,16)(H2,13,14,17). The normalized spacial score (nSPS) is 12.9. The van der Waals surface area contributed by atoms with E-state index in [1.165, 1.54) is 0 Å². The van der Waals surface area contributed by atoms with Crippen molar-refractivity contribution in [3.63, 3.8) is 0 Å². The monoisotopic (exact) mass is 288 g/mol. The number of thioether (sulfide) groups is 1. The van der Waals surface area contributed by atoms with Crippen LogP contribution in [-0.2, 0) is 4.79 Å². The highest BCUT2D eigenvalue weighted by Gasteiger charge is 2.27. The average molecular weight is 288 g/mol. The molecule has 2 amide bonds. The summed E-state index contributed by atoms with van der Waals surface area (Å²) in [6, 6.07) is -0.669. The zero-order valence-corrected chi connectivity index (χ0v) is 10.5. The Labute approximate surface area is 106 Å². The van der Waals surface area contributed by atoms with E-state index in [9.17, 15) is 22.8 Å². The van der Waals surface area contributed by atoms with Gasteiger partial charge in [0.25, 0.3) is 0 Å². The van der Waals surface area contributed by atoms with Crippen molar-refractivity contribution in [2.24, 2.45) is 5.92 Å². The maximum atomic E-state index is 11.7. The zero-order valence-electron chi connectivity index (χ0n) is 9.71. The van der Waals surface area contributed by atoms with Gasteiger partial charge in [0, 0.05) is 18.8 Å². The zero-order chi connectivity index (χ0) is 14.2. The summed E-state index contributed by atoms with van der Waals surface area (Å²) in [4.78, 5) is 21.7. The Kier molecular flexibility index (Phi) is 7.56. The number of carbonyl (C=O) groups is 2. The Balaban J connectivity index is 3.69. The molecule has 5 nitrogen and oxygen atoms in total. The number of urea groups is 1. The van der Waals surface area contributed by atoms with E-state index < -0.39 is 23.4 Å². The van der Waals surface area contributed by atoms with Crippen LogP contribution in [0.3, 0.4) is 0 Å². The molecule has 0 aliphatic carbocycles. The largest absolute Gasteiger partial charge is 0.481 e. The van der Waals surface area contributed by atoms with Crippen LogP contribution in [0, 0.1) is 5.92 Å². The summed E-state index contributed by atoms with van der Waals surface area (Å²) >= 11 is -0.227. The highest BCUT2D eigenvalue weighted by atomic mass is 32.2. The number of carboxylic acids is 1. The molecule has 0 bridgehead atoms. The third-order valence-electron chi connectivity index (χ3n) is 2.00. The van der Waals surface area contributed by atoms with Gasteiger partial charge < -0.3 is 15.7 Å². The molecule has 1 unspecified atom stereocenters. The molecule has 3 N–H and O–H groups in total. The predicted octanol–water partition coefficient (Wildman–Crippen LogP) is 1.65. The molecule has 0 rings (SSSR count). The Morgan fingerprint density at radius 1 is 1.33 bits per heavy atom. The molecule has 0 aromatic carbocycles. The van der Waals surface area contributed by atoms with Crippen molar-refractivity contribution < 1.29 is 27.9 Å². The highest BCUT2D eigenvalue weighted by Crippen LogP contribution is 2.29. The summed E-state index contributed by atoms with van der Waals surface area (Å²) in [5, 5.41) is 13.2. The molecule has 0 heterocycles. The first-order valence-electron chi connectivity index (χ1n) is 5.21. The van der Waals surface area contributed by atoms with Gasteiger partial charge in [-0.15, -0.1) is 0 Å². The summed E-state index contributed by atoms with van der Waals surface area (Å²) in [5.41, 5.74) is -4.31. The summed E-state index contributed by atoms with van der Waals surface area (Å²) in [6.07, 6.45) is 0.361. The van der Waals surface area contributed by atoms with Crippen LogP contribution in [0.1, 0.15) is 13.3 Å². The molecule has 0 radical (unpaired) electrons. The average Bonchev–Trinajstić information content (AvgIpc) is 2.23. The Bertz CT molecular complexity index is 287. The van der Waals surface area contributed by atoms with Gasteiger partial charge in [-0.1, -0.05) is 6.92 Å². The number of nitrogens with one attached hydrogen (secondary N) is 2. The van der Waals surface area contributed by atoms with Crippen LogP contribution in [0.25, 0.3) is 0 Å². The molecule has 0 fully saturated rings. The van der Waals surface area contributed by atoms with Crippen molar-refractivity contribution in [3.05, 3.63) is 0 Å². The molecular formula is C9H15F3N2O3S. The smallest absolute Gasteiger partial charge is 0.441 e. The number of amides is 2. The Hall–Kier alpha value is -1.12. The molecule has 0 aromatic heterocycles. The van der Waals surface area contributed by atoms with Gasteiger partial charge in [0.2, 0.25) is 0 Å². The summed E-state index contributed by atoms with van der Waals surface area (Å²) < 4.78 is 35.2. The first-order chi connectivity index (χ1) is 8.26. The van der Waals surface area contributed by atoms with Gasteiger partial charge in [0.15, 0.2) is 0 Å². The van der Waals surface area contributed by atoms with Crippen LogP contribution in [0.4, 0.5) is 18.0 Å². The minimum atomic E-state index is -4.31. The van der Waals surface area contributed by atoms with Crippen LogP contribution in [0.2, 0.25) is 0 Å². The number of rotatable bonds is 7. The Morgan fingerprint density at radius 3 is 2.39 bits per heavy atom. The van der Waals surface area contributed by atoms with E-state index in [0.717, 1.165) is 0 Å². The van der Waals surface area contributed by atoms with E-state index in [0.29, 0.717) is 6.42 Å². The molecule has 1 atom stereocenters. The molecule has 106 valence electrons. The van der Waals surface area contributed by atoms with E-state index in [1.807, 2.05) is 0 Å². The van der Waals surface area contributed by atoms with Crippen molar-refractivity contribution in [2.75, 3.05) is 18.8 Å². The fourth-order valence-corrected chi connectivity index (χ4v) is 1.45. The van der Waals surface area contributed by atoms with Crippen LogP contribution in [0.15, 0.2) is 0 Å². The lowest BCUT2D eigenvalue weighted by molar-refractivity contribution is -0.141. The Morgan fingerprint density at radius 2 is 1.94 bits per heavy atom. The third-order valence-corrected chi connectivity index (χ3v) is 2.74. The second-order valence-electron chi connectivity index (χ2n) is 3.37. The van der Waals surface area contributed by atoms with Crippen LogP contribution in [-0.4, -0.2) is 41.5 Å². The second-order valence-corrected chi connectivity index (χ2v) is 4.53. The molecule has 9 heteroatoms. The number of carboxylic acid groups (broad SMARTS) is 1. The van der Waals surface area contributed by atoms with Gasteiger partial charge in [0.05, 0.1) is 5.92 Å². The first-order valence-corrected chi connectivity index (χ1v) is 6.20. The van der Waals surface area contributed by atoms with E-state index in [4.69, 9.17) is 5.11 Å². The maximum Gasteiger partial charge on any atom is 0.441 e. The van der Waals surface area contributed by atoms with E-state index >= 15 is 0 Å². The van der Waals surface area contributed by atoms with Gasteiger partial charge in [-0.05, 0) is 18.2 Å². The van der Waals surface area contributed by atoms with E-state index in [-0.39, 0.29) is 30.6 Å². The van der Waals surface area contributed by atoms with Gasteiger partial charge in [-0.2, -0.15) is 13.2 Å². The lowest BCUT2D eigenvalue weighted by Gasteiger charge is -2.12. The molecular weight excluding hydrogens is 273 g/mol. The van der Waals surface area contributed by atoms with Crippen molar-refractivity contribution in [1.29, 1.82) is 0 Å². The summed E-state index contributed by atoms with van der Waals surface area (Å²) in [6.45, 7) is 1.47. The molecule has 0 saturated heterocycles. The topological polar surface area (TPSA) is 78.4 Å². The second kappa shape index (κ2) is 8.06. The number of hydrogen-bond acceptors (Lipinski definition) is 3. The van der Waals surface area contributed by atoms with Gasteiger partial charge in [0.1, 0.15) is 0 Å². The van der Waals surface area contributed by atoms with Crippen molar-refractivity contribution in [3.8, 4) is 0 Å². The van der Waals surface area contributed by atoms with Crippen molar-refractivity contribution in [2.45, 2.75) is 18.9 Å². The number of halogens is 3. The van der Waals surface area contributed by atoms with Crippen LogP contribution >= 0.6 is 11.8 Å². The fourth-order valence-electron chi connectivity index (χ4n) is 1.02. The van der Waals surface area contributed by atoms with Gasteiger partial charge >= 0.3 is 17.5 Å². The molecule has 0 aromatic rings. The van der Waals surface area contributed by atoms with Crippen molar-refractivity contribution >= 4 is 23.8 Å². The minimum absolute atomic E-state index is 0.0515. The van der Waals surface area contributed by atoms with E-state index in [1.54, 1.807) is 6.92 Å². The van der Waals surface area contributed by atoms with Crippen molar-refractivity contribution in [1.82, 2.24) is 10.6 Å². The number of carbonyl (C=O) groups excluding carboxylic acids is 1. The molecule has 0 saturated carbocycles. The van der Waals surface area contributed by atoms with Gasteiger partial charge in [-0.25, -0.2) is 4.79 Å². The molecule has 0 aliphatic rings. The third kappa shape index (κ3) is 8.97. The van der Waals surface area contributed by atoms with Crippen LogP contribution in [0.5, 0.6) is 0 Å². The quantitative estimate of drug-likeness (QED) is 0.622. The van der Waals surface area contributed by atoms with Gasteiger partial charge in [-0.3, -0.25) is 4.79 Å². The predicted molar refractivity (Wildman–Crippen MR) is 61.3 cm³/mol. The number of hydrogen-bond donors (Lipinski definition) is 3. The first kappa shape index (κ1) is 16.9. The minimum Gasteiger partial charge on any atom is -0.481 e. The number of alkyl halides is 3. The maximum absolute atomic E-state index is 11.7. The molecule has 0 aliphatic heterocycles. The summed E-state index contributed by atoms with van der Waals surface area (Å²) in [7, 11) is 0. The molecule has 0 spiro atoms. The number of aliphatic carboxylic acids is 1. The lowest BCUT2D eigenvalue weighted by Crippen LogP contribution is -2.40. The SMILES string of the molecule is CCC(CNC(=O)NCCSC(F)(F)F)C(=O)O. The summed E-state index contributed by atoms with van der Waals surface area (Å²) in [5.74, 6) is -2.00. The highest BCUT2D eigenvalue weighted by molar-refractivity contribution is 8.00. The molecule has 18 heavy (non-hydrogen) atoms. The van der Waals surface area contributed by atoms with E-state index in [2.05, 4.69) is 10.6 Å². The lowest BCUT2D eigenvalue weighted by atomic mass is 10.1.